The molecule has 1 fully saturated rings. The quantitative estimate of drug-likeness (QED) is 0.246. The number of aromatic nitrogens is 1. The zero-order chi connectivity index (χ0) is 23.2. The zero-order valence-electron chi connectivity index (χ0n) is 17.6. The minimum atomic E-state index is -0.545. The minimum Gasteiger partial charge on any atom is -0.318 e. The molecule has 1 aromatic heterocycles. The molecule has 4 rings (SSSR count). The Morgan fingerprint density at radius 3 is 2.56 bits per heavy atom. The summed E-state index contributed by atoms with van der Waals surface area (Å²) in [6, 6.07) is 12.5. The van der Waals surface area contributed by atoms with Crippen LogP contribution in [0.2, 0.25) is 5.02 Å². The number of thioether (sulfide) groups is 1. The average molecular weight is 581 g/mol. The molecule has 0 unspecified atom stereocenters. The van der Waals surface area contributed by atoms with E-state index in [1.807, 2.05) is 19.9 Å². The lowest BCUT2D eigenvalue weighted by Gasteiger charge is -2.14. The smallest absolute Gasteiger partial charge is 0.293 e. The topological polar surface area (TPSA) is 42.3 Å². The third-order valence-electron chi connectivity index (χ3n) is 5.41. The van der Waals surface area contributed by atoms with Gasteiger partial charge in [0.25, 0.3) is 11.1 Å². The Hall–Kier alpha value is -2.10. The number of rotatable bonds is 4. The predicted octanol–water partition coefficient (Wildman–Crippen LogP) is 7.04. The average Bonchev–Trinajstić information content (AvgIpc) is 3.16. The van der Waals surface area contributed by atoms with Gasteiger partial charge in [-0.2, -0.15) is 0 Å². The van der Waals surface area contributed by atoms with Crippen molar-refractivity contribution in [1.29, 1.82) is 0 Å². The number of imide groups is 1. The van der Waals surface area contributed by atoms with Gasteiger partial charge in [0.2, 0.25) is 0 Å². The van der Waals surface area contributed by atoms with Crippen LogP contribution in [-0.2, 0) is 11.3 Å². The molecule has 0 bridgehead atoms. The van der Waals surface area contributed by atoms with E-state index in [1.165, 1.54) is 27.3 Å². The Labute approximate surface area is 208 Å². The second kappa shape index (κ2) is 9.03. The fourth-order valence-electron chi connectivity index (χ4n) is 3.72. The maximum atomic E-state index is 14.2. The number of carbonyl (C=O) groups excluding carboxylic acids is 2. The van der Waals surface area contributed by atoms with Gasteiger partial charge in [-0.15, -0.1) is 0 Å². The highest BCUT2D eigenvalue weighted by atomic mass is 127. The molecule has 4 nitrogen and oxygen atoms in total. The molecule has 32 heavy (non-hydrogen) atoms. The van der Waals surface area contributed by atoms with E-state index in [2.05, 4.69) is 52.3 Å². The number of hydrogen-bond donors (Lipinski definition) is 0. The molecule has 0 N–H and O–H groups in total. The summed E-state index contributed by atoms with van der Waals surface area (Å²) in [5.74, 6) is -0.994. The molecule has 1 saturated heterocycles. The highest BCUT2D eigenvalue weighted by Gasteiger charge is 2.36. The number of amides is 2. The molecule has 0 aliphatic carbocycles. The molecule has 0 atom stereocenters. The maximum Gasteiger partial charge on any atom is 0.293 e. The van der Waals surface area contributed by atoms with Crippen LogP contribution in [0.4, 0.5) is 9.18 Å². The Kier molecular flexibility index (Phi) is 6.51. The number of carbonyl (C=O) groups is 2. The molecular weight excluding hydrogens is 562 g/mol. The molecule has 1 aliphatic rings. The van der Waals surface area contributed by atoms with Gasteiger partial charge >= 0.3 is 0 Å². The number of aryl methyl sites for hydroxylation is 2. The normalized spacial score (nSPS) is 15.3. The van der Waals surface area contributed by atoms with E-state index >= 15 is 0 Å². The van der Waals surface area contributed by atoms with Crippen molar-refractivity contribution in [2.75, 3.05) is 0 Å². The molecule has 0 spiro atoms. The van der Waals surface area contributed by atoms with Crippen molar-refractivity contribution in [2.24, 2.45) is 0 Å². The number of hydrogen-bond acceptors (Lipinski definition) is 3. The maximum absolute atomic E-state index is 14.2. The summed E-state index contributed by atoms with van der Waals surface area (Å²) in [5.41, 5.74) is 5.20. The van der Waals surface area contributed by atoms with Crippen LogP contribution >= 0.6 is 46.0 Å². The molecule has 2 aromatic carbocycles. The molecule has 164 valence electrons. The Bertz CT molecular complexity index is 1280. The second-order valence-corrected chi connectivity index (χ2v) is 10.1. The van der Waals surface area contributed by atoms with Gasteiger partial charge in [-0.05, 0) is 109 Å². The fraction of sp³-hybridized carbons (Fsp3) is 0.167. The number of nitrogens with zero attached hydrogens (tertiary/aromatic N) is 2. The van der Waals surface area contributed by atoms with Gasteiger partial charge in [-0.3, -0.25) is 14.5 Å². The van der Waals surface area contributed by atoms with Gasteiger partial charge in [-0.25, -0.2) is 4.39 Å². The van der Waals surface area contributed by atoms with E-state index in [-0.39, 0.29) is 17.1 Å². The molecule has 1 aliphatic heterocycles. The summed E-state index contributed by atoms with van der Waals surface area (Å²) in [5, 5.41) is -0.257. The monoisotopic (exact) mass is 580 g/mol. The van der Waals surface area contributed by atoms with E-state index < -0.39 is 17.0 Å². The summed E-state index contributed by atoms with van der Waals surface area (Å²) in [6.45, 7) is 5.85. The van der Waals surface area contributed by atoms with Gasteiger partial charge in [0.05, 0.1) is 11.4 Å². The first-order valence-electron chi connectivity index (χ1n) is 9.81. The van der Waals surface area contributed by atoms with Crippen molar-refractivity contribution in [1.82, 2.24) is 9.47 Å². The van der Waals surface area contributed by atoms with Crippen molar-refractivity contribution >= 4 is 63.2 Å². The largest absolute Gasteiger partial charge is 0.318 e. The van der Waals surface area contributed by atoms with E-state index in [0.717, 1.165) is 39.3 Å². The third-order valence-corrected chi connectivity index (χ3v) is 7.88. The Morgan fingerprint density at radius 1 is 1.12 bits per heavy atom. The van der Waals surface area contributed by atoms with Crippen LogP contribution in [0.25, 0.3) is 11.8 Å². The van der Waals surface area contributed by atoms with Crippen LogP contribution in [0.1, 0.15) is 28.1 Å². The van der Waals surface area contributed by atoms with Crippen LogP contribution in [0.15, 0.2) is 47.4 Å². The summed E-state index contributed by atoms with van der Waals surface area (Å²) < 4.78 is 17.5. The van der Waals surface area contributed by atoms with Crippen LogP contribution < -0.4 is 0 Å². The number of halogens is 3. The molecule has 8 heteroatoms. The van der Waals surface area contributed by atoms with Crippen LogP contribution in [0, 0.1) is 30.2 Å². The Balaban J connectivity index is 1.66. The molecule has 2 amide bonds. The predicted molar refractivity (Wildman–Crippen MR) is 136 cm³/mol. The summed E-state index contributed by atoms with van der Waals surface area (Å²) >= 11 is 9.24. The van der Waals surface area contributed by atoms with Crippen LogP contribution in [0.5, 0.6) is 0 Å². The minimum absolute atomic E-state index is 0.130. The molecule has 0 radical (unpaired) electrons. The van der Waals surface area contributed by atoms with Gasteiger partial charge in [0.15, 0.2) is 0 Å². The van der Waals surface area contributed by atoms with Crippen LogP contribution in [0.3, 0.4) is 0 Å². The summed E-state index contributed by atoms with van der Waals surface area (Å²) in [6.07, 6.45) is 1.73. The van der Waals surface area contributed by atoms with E-state index in [4.69, 9.17) is 11.6 Å². The van der Waals surface area contributed by atoms with Crippen molar-refractivity contribution < 1.29 is 14.0 Å². The highest BCUT2D eigenvalue weighted by molar-refractivity contribution is 14.1. The molecule has 2 heterocycles. The first kappa shape index (κ1) is 23.1. The molecule has 3 aromatic rings. The first-order valence-corrected chi connectivity index (χ1v) is 12.1. The lowest BCUT2D eigenvalue weighted by molar-refractivity contribution is -0.123. The number of benzene rings is 2. The van der Waals surface area contributed by atoms with Gasteiger partial charge in [-0.1, -0.05) is 17.7 Å². The van der Waals surface area contributed by atoms with Crippen molar-refractivity contribution in [3.05, 3.63) is 89.9 Å². The van der Waals surface area contributed by atoms with Crippen molar-refractivity contribution in [3.8, 4) is 5.69 Å². The fourth-order valence-corrected chi connectivity index (χ4v) is 5.11. The highest BCUT2D eigenvalue weighted by Crippen LogP contribution is 2.36. The summed E-state index contributed by atoms with van der Waals surface area (Å²) in [7, 11) is 0. The van der Waals surface area contributed by atoms with E-state index in [1.54, 1.807) is 6.08 Å². The zero-order valence-corrected chi connectivity index (χ0v) is 21.3. The van der Waals surface area contributed by atoms with Crippen molar-refractivity contribution in [2.45, 2.75) is 27.3 Å². The van der Waals surface area contributed by atoms with E-state index in [9.17, 15) is 14.0 Å². The second-order valence-electron chi connectivity index (χ2n) is 7.56. The van der Waals surface area contributed by atoms with Crippen LogP contribution in [-0.4, -0.2) is 20.6 Å². The van der Waals surface area contributed by atoms with Gasteiger partial charge < -0.3 is 4.57 Å². The van der Waals surface area contributed by atoms with E-state index in [0.29, 0.717) is 4.91 Å². The molecule has 0 saturated carbocycles. The van der Waals surface area contributed by atoms with Gasteiger partial charge in [0, 0.05) is 31.2 Å². The van der Waals surface area contributed by atoms with Gasteiger partial charge in [0.1, 0.15) is 5.82 Å². The first-order chi connectivity index (χ1) is 15.2. The molecular formula is C24H19ClFIN2O2S. The lowest BCUT2D eigenvalue weighted by Crippen LogP contribution is -2.28. The SMILES string of the molecule is Cc1cc(-n2c(C)cc(/C=C3\SC(=O)N(Cc4c(F)cccc4Cl)C3=O)c2C)ccc1I. The third kappa shape index (κ3) is 4.25. The van der Waals surface area contributed by atoms with Crippen molar-refractivity contribution in [3.63, 3.8) is 0 Å². The Morgan fingerprint density at radius 2 is 1.88 bits per heavy atom. The standard InChI is InChI=1S/C24H19ClFIN2O2S/c1-13-9-17(7-8-21(13)27)29-14(2)10-16(15(29)3)11-22-23(30)28(24(31)32-22)12-18-19(25)5-4-6-20(18)26/h4-11H,12H2,1-3H3/b22-11-. The summed E-state index contributed by atoms with van der Waals surface area (Å²) in [4.78, 5) is 26.8. The lowest BCUT2D eigenvalue weighted by atomic mass is 10.2.